The number of amides is 1. The lowest BCUT2D eigenvalue weighted by molar-refractivity contribution is -0.147. The number of hydrogen-bond donors (Lipinski definition) is 1. The van der Waals surface area contributed by atoms with E-state index in [0.29, 0.717) is 25.1 Å². The van der Waals surface area contributed by atoms with Gasteiger partial charge in [-0.3, -0.25) is 9.59 Å². The molecule has 1 atom stereocenters. The molecule has 17 heavy (non-hydrogen) atoms. The van der Waals surface area contributed by atoms with Gasteiger partial charge in [0.15, 0.2) is 0 Å². The molecule has 0 radical (unpaired) electrons. The maximum absolute atomic E-state index is 12.2. The molecule has 1 aliphatic rings. The monoisotopic (exact) mass is 253 g/mol. The van der Waals surface area contributed by atoms with E-state index in [-0.39, 0.29) is 5.91 Å². The third-order valence-corrected chi connectivity index (χ3v) is 4.22. The van der Waals surface area contributed by atoms with E-state index in [0.717, 1.165) is 5.56 Å². The molecule has 0 saturated carbocycles. The molecule has 1 saturated heterocycles. The molecule has 4 nitrogen and oxygen atoms in total. The second-order valence-electron chi connectivity index (χ2n) is 4.81. The van der Waals surface area contributed by atoms with E-state index >= 15 is 0 Å². The number of carboxylic acid groups (broad SMARTS) is 1. The van der Waals surface area contributed by atoms with Crippen molar-refractivity contribution in [3.8, 4) is 0 Å². The number of nitrogens with zero attached hydrogens (tertiary/aromatic N) is 1. The number of likely N-dealkylation sites (tertiary alicyclic amines) is 1. The molecular weight excluding hydrogens is 238 g/mol. The van der Waals surface area contributed by atoms with Crippen LogP contribution in [-0.4, -0.2) is 35.0 Å². The molecule has 2 heterocycles. The summed E-state index contributed by atoms with van der Waals surface area (Å²) >= 11 is 1.50. The van der Waals surface area contributed by atoms with Crippen LogP contribution < -0.4 is 0 Å². The first kappa shape index (κ1) is 12.1. The molecule has 0 bridgehead atoms. The second-order valence-corrected chi connectivity index (χ2v) is 5.55. The van der Waals surface area contributed by atoms with Crippen molar-refractivity contribution in [3.63, 3.8) is 0 Å². The summed E-state index contributed by atoms with van der Waals surface area (Å²) in [5.74, 6) is -0.872. The fourth-order valence-electron chi connectivity index (χ4n) is 2.06. The van der Waals surface area contributed by atoms with Gasteiger partial charge in [-0.25, -0.2) is 0 Å². The summed E-state index contributed by atoms with van der Waals surface area (Å²) in [6.45, 7) is 4.42. The van der Waals surface area contributed by atoms with Gasteiger partial charge in [0.1, 0.15) is 0 Å². The van der Waals surface area contributed by atoms with Gasteiger partial charge in [-0.1, -0.05) is 0 Å². The Balaban J connectivity index is 2.15. The lowest BCUT2D eigenvalue weighted by Crippen LogP contribution is -2.34. The smallest absolute Gasteiger partial charge is 0.311 e. The Bertz CT molecular complexity index is 468. The van der Waals surface area contributed by atoms with Crippen LogP contribution in [0.3, 0.4) is 0 Å². The predicted octanol–water partition coefficient (Wildman–Crippen LogP) is 1.99. The number of carbonyl (C=O) groups is 2. The minimum Gasteiger partial charge on any atom is -0.481 e. The van der Waals surface area contributed by atoms with Crippen molar-refractivity contribution in [1.29, 1.82) is 0 Å². The summed E-state index contributed by atoms with van der Waals surface area (Å²) in [6, 6.07) is 0. The fraction of sp³-hybridized carbons (Fsp3) is 0.500. The number of thiophene rings is 1. The molecule has 1 amide bonds. The van der Waals surface area contributed by atoms with Crippen molar-refractivity contribution in [3.05, 3.63) is 21.9 Å². The van der Waals surface area contributed by atoms with E-state index in [4.69, 9.17) is 5.11 Å². The van der Waals surface area contributed by atoms with Gasteiger partial charge in [0, 0.05) is 18.5 Å². The molecular formula is C12H15NO3S. The lowest BCUT2D eigenvalue weighted by atomic mass is 9.90. The van der Waals surface area contributed by atoms with Crippen molar-refractivity contribution < 1.29 is 14.7 Å². The number of rotatable bonds is 2. The molecule has 1 N–H and O–H groups in total. The minimum absolute atomic E-state index is 0.0475. The van der Waals surface area contributed by atoms with Gasteiger partial charge < -0.3 is 10.0 Å². The first-order valence-electron chi connectivity index (χ1n) is 5.49. The van der Waals surface area contributed by atoms with Crippen molar-refractivity contribution >= 4 is 23.2 Å². The third-order valence-electron chi connectivity index (χ3n) is 3.36. The van der Waals surface area contributed by atoms with Gasteiger partial charge >= 0.3 is 5.97 Å². The normalized spacial score (nSPS) is 24.0. The van der Waals surface area contributed by atoms with Crippen LogP contribution in [0.2, 0.25) is 0 Å². The third kappa shape index (κ3) is 2.07. The highest BCUT2D eigenvalue weighted by Gasteiger charge is 2.42. The SMILES string of the molecule is Cc1cscc1C(=O)N1CCC(C)(C(=O)O)C1. The predicted molar refractivity (Wildman–Crippen MR) is 65.3 cm³/mol. The van der Waals surface area contributed by atoms with E-state index in [2.05, 4.69) is 0 Å². The minimum atomic E-state index is -0.824. The molecule has 0 spiro atoms. The zero-order valence-corrected chi connectivity index (χ0v) is 10.7. The van der Waals surface area contributed by atoms with Crippen LogP contribution in [0.1, 0.15) is 29.3 Å². The van der Waals surface area contributed by atoms with Gasteiger partial charge in [0.05, 0.1) is 11.0 Å². The van der Waals surface area contributed by atoms with Crippen LogP contribution in [0.5, 0.6) is 0 Å². The molecule has 1 aliphatic heterocycles. The molecule has 1 aromatic heterocycles. The first-order chi connectivity index (χ1) is 7.94. The van der Waals surface area contributed by atoms with E-state index < -0.39 is 11.4 Å². The highest BCUT2D eigenvalue weighted by molar-refractivity contribution is 7.08. The van der Waals surface area contributed by atoms with E-state index in [1.165, 1.54) is 11.3 Å². The Labute approximate surface area is 104 Å². The van der Waals surface area contributed by atoms with Gasteiger partial charge in [0.2, 0.25) is 0 Å². The number of carbonyl (C=O) groups excluding carboxylic acids is 1. The zero-order valence-electron chi connectivity index (χ0n) is 9.90. The lowest BCUT2D eigenvalue weighted by Gasteiger charge is -2.20. The van der Waals surface area contributed by atoms with E-state index in [1.54, 1.807) is 11.8 Å². The standard InChI is InChI=1S/C12H15NO3S/c1-8-5-17-6-9(8)10(14)13-4-3-12(2,7-13)11(15)16/h5-6H,3-4,7H2,1-2H3,(H,15,16). The summed E-state index contributed by atoms with van der Waals surface area (Å²) in [5.41, 5.74) is 0.869. The largest absolute Gasteiger partial charge is 0.481 e. The maximum Gasteiger partial charge on any atom is 0.311 e. The Hall–Kier alpha value is -1.36. The molecule has 92 valence electrons. The molecule has 1 fully saturated rings. The number of aryl methyl sites for hydroxylation is 1. The summed E-state index contributed by atoms with van der Waals surface area (Å²) in [7, 11) is 0. The van der Waals surface area contributed by atoms with Crippen molar-refractivity contribution in [2.75, 3.05) is 13.1 Å². The van der Waals surface area contributed by atoms with Crippen molar-refractivity contribution in [1.82, 2.24) is 4.90 Å². The number of hydrogen-bond acceptors (Lipinski definition) is 3. The Morgan fingerprint density at radius 1 is 1.47 bits per heavy atom. The summed E-state index contributed by atoms with van der Waals surface area (Å²) in [5, 5.41) is 12.9. The summed E-state index contributed by atoms with van der Waals surface area (Å²) in [4.78, 5) is 24.9. The molecule has 0 aliphatic carbocycles. The number of aliphatic carboxylic acids is 1. The van der Waals surface area contributed by atoms with Crippen LogP contribution in [0.15, 0.2) is 10.8 Å². The van der Waals surface area contributed by atoms with Crippen LogP contribution in [0, 0.1) is 12.3 Å². The Morgan fingerprint density at radius 2 is 2.18 bits per heavy atom. The Morgan fingerprint density at radius 3 is 2.65 bits per heavy atom. The fourth-order valence-corrected chi connectivity index (χ4v) is 2.88. The van der Waals surface area contributed by atoms with E-state index in [9.17, 15) is 9.59 Å². The summed E-state index contributed by atoms with van der Waals surface area (Å²) < 4.78 is 0. The average molecular weight is 253 g/mol. The van der Waals surface area contributed by atoms with Crippen LogP contribution >= 0.6 is 11.3 Å². The van der Waals surface area contributed by atoms with Crippen LogP contribution in [0.4, 0.5) is 0 Å². The van der Waals surface area contributed by atoms with Gasteiger partial charge in [-0.15, -0.1) is 0 Å². The van der Waals surface area contributed by atoms with Crippen molar-refractivity contribution in [2.45, 2.75) is 20.3 Å². The average Bonchev–Trinajstić information content (AvgIpc) is 2.85. The quantitative estimate of drug-likeness (QED) is 0.877. The second kappa shape index (κ2) is 4.14. The molecule has 5 heteroatoms. The molecule has 0 aromatic carbocycles. The van der Waals surface area contributed by atoms with Crippen LogP contribution in [0.25, 0.3) is 0 Å². The number of carboxylic acids is 1. The first-order valence-corrected chi connectivity index (χ1v) is 6.44. The Kier molecular flexibility index (Phi) is 2.95. The molecule has 1 unspecified atom stereocenters. The molecule has 1 aromatic rings. The van der Waals surface area contributed by atoms with Gasteiger partial charge in [0.25, 0.3) is 5.91 Å². The highest BCUT2D eigenvalue weighted by Crippen LogP contribution is 2.31. The van der Waals surface area contributed by atoms with Crippen molar-refractivity contribution in [2.24, 2.45) is 5.41 Å². The highest BCUT2D eigenvalue weighted by atomic mass is 32.1. The van der Waals surface area contributed by atoms with E-state index in [1.807, 2.05) is 17.7 Å². The van der Waals surface area contributed by atoms with Gasteiger partial charge in [-0.05, 0) is 31.2 Å². The topological polar surface area (TPSA) is 57.6 Å². The maximum atomic E-state index is 12.2. The van der Waals surface area contributed by atoms with Crippen LogP contribution in [-0.2, 0) is 4.79 Å². The summed E-state index contributed by atoms with van der Waals surface area (Å²) in [6.07, 6.45) is 0.525. The van der Waals surface area contributed by atoms with Gasteiger partial charge in [-0.2, -0.15) is 11.3 Å². The molecule has 2 rings (SSSR count). The zero-order chi connectivity index (χ0) is 12.6.